The molecule has 0 heterocycles. The van der Waals surface area contributed by atoms with Crippen molar-refractivity contribution in [3.8, 4) is 5.75 Å². The van der Waals surface area contributed by atoms with Crippen molar-refractivity contribution in [2.45, 2.75) is 0 Å². The molecule has 6 heteroatoms. The molecule has 0 unspecified atom stereocenters. The van der Waals surface area contributed by atoms with Crippen LogP contribution >= 0.6 is 0 Å². The van der Waals surface area contributed by atoms with Crippen LogP contribution in [0.15, 0.2) is 23.4 Å². The first-order valence-electron chi connectivity index (χ1n) is 3.37. The second-order valence-corrected chi connectivity index (χ2v) is 2.30. The molecule has 0 fully saturated rings. The molecule has 0 saturated heterocycles. The number of nitrogen functional groups attached to an aromatic ring is 1. The van der Waals surface area contributed by atoms with Gasteiger partial charge in [-0.15, -0.1) is 4.91 Å². The number of hydrogen-bond donors (Lipinski definition) is 3. The Kier molecular flexibility index (Phi) is 2.56. The molecule has 5 N–H and O–H groups in total. The molecule has 0 bridgehead atoms. The van der Waals surface area contributed by atoms with Crippen LogP contribution in [0.1, 0.15) is 5.56 Å². The minimum Gasteiger partial charge on any atom is -0.411 e. The summed E-state index contributed by atoms with van der Waals surface area (Å²) in [5, 5.41) is 9.84. The summed E-state index contributed by atoms with van der Waals surface area (Å²) in [6.07, 6.45) is 0. The first-order chi connectivity index (χ1) is 6.19. The number of nitrogens with one attached hydrogen (secondary N) is 1. The molecule has 0 aliphatic carbocycles. The first-order valence-corrected chi connectivity index (χ1v) is 3.37. The van der Waals surface area contributed by atoms with Crippen molar-refractivity contribution in [2.75, 3.05) is 0 Å². The zero-order valence-corrected chi connectivity index (χ0v) is 6.65. The molecule has 13 heavy (non-hydrogen) atoms. The third-order valence-corrected chi connectivity index (χ3v) is 1.49. The maximum absolute atomic E-state index is 10.1. The van der Waals surface area contributed by atoms with E-state index < -0.39 is 0 Å². The number of nitrogens with two attached hydrogens (primary N) is 2. The van der Waals surface area contributed by atoms with Crippen molar-refractivity contribution in [3.63, 3.8) is 0 Å². The van der Waals surface area contributed by atoms with Gasteiger partial charge in [-0.25, -0.2) is 0 Å². The molecular weight excluding hydrogens is 172 g/mol. The zero-order chi connectivity index (χ0) is 9.84. The van der Waals surface area contributed by atoms with Gasteiger partial charge in [0.2, 0.25) is 0 Å². The Labute approximate surface area is 73.9 Å². The third-order valence-electron chi connectivity index (χ3n) is 1.49. The average Bonchev–Trinajstić information content (AvgIpc) is 2.16. The van der Waals surface area contributed by atoms with Gasteiger partial charge in [0.25, 0.3) is 0 Å². The Morgan fingerprint density at radius 2 is 2.23 bits per heavy atom. The van der Waals surface area contributed by atoms with Crippen molar-refractivity contribution < 1.29 is 4.84 Å². The van der Waals surface area contributed by atoms with Crippen LogP contribution in [0.5, 0.6) is 5.75 Å². The molecule has 0 spiro atoms. The summed E-state index contributed by atoms with van der Waals surface area (Å²) in [7, 11) is 0. The number of benzene rings is 1. The second kappa shape index (κ2) is 3.63. The lowest BCUT2D eigenvalue weighted by Crippen LogP contribution is -2.14. The predicted octanol–water partition coefficient (Wildman–Crippen LogP) is 0.621. The Hall–Kier alpha value is -1.95. The van der Waals surface area contributed by atoms with E-state index in [0.29, 0.717) is 0 Å². The van der Waals surface area contributed by atoms with E-state index in [0.717, 1.165) is 0 Å². The van der Waals surface area contributed by atoms with Crippen molar-refractivity contribution in [1.82, 2.24) is 0 Å². The predicted molar refractivity (Wildman–Crippen MR) is 47.7 cm³/mol. The standard InChI is InChI=1S/C7H8N4O2/c8-7(9)5-3-4(11-12)1-2-6(5)13-10/h1-3H,10H2,(H3,8,9). The molecule has 0 amide bonds. The van der Waals surface area contributed by atoms with E-state index in [4.69, 9.17) is 17.0 Å². The van der Waals surface area contributed by atoms with Gasteiger partial charge in [0.1, 0.15) is 11.5 Å². The molecule has 1 aromatic rings. The fraction of sp³-hybridized carbons (Fsp3) is 0. The number of nitrogens with zero attached hydrogens (tertiary/aromatic N) is 1. The Morgan fingerprint density at radius 1 is 1.54 bits per heavy atom. The van der Waals surface area contributed by atoms with Gasteiger partial charge >= 0.3 is 0 Å². The van der Waals surface area contributed by atoms with Crippen molar-refractivity contribution in [2.24, 2.45) is 16.8 Å². The fourth-order valence-corrected chi connectivity index (χ4v) is 0.888. The summed E-state index contributed by atoms with van der Waals surface area (Å²) < 4.78 is 0. The van der Waals surface area contributed by atoms with Crippen LogP contribution in [-0.2, 0) is 0 Å². The largest absolute Gasteiger partial charge is 0.411 e. The van der Waals surface area contributed by atoms with Crippen LogP contribution in [0.4, 0.5) is 5.69 Å². The van der Waals surface area contributed by atoms with Gasteiger partial charge in [-0.05, 0) is 23.4 Å². The summed E-state index contributed by atoms with van der Waals surface area (Å²) in [6, 6.07) is 4.17. The number of hydrogen-bond acceptors (Lipinski definition) is 5. The number of nitroso groups, excluding NO2 is 1. The molecule has 6 nitrogen and oxygen atoms in total. The highest BCUT2D eigenvalue weighted by molar-refractivity contribution is 5.98. The normalized spacial score (nSPS) is 9.31. The maximum Gasteiger partial charge on any atom is 0.157 e. The molecule has 1 rings (SSSR count). The van der Waals surface area contributed by atoms with E-state index in [1.54, 1.807) is 0 Å². The van der Waals surface area contributed by atoms with Crippen LogP contribution in [-0.4, -0.2) is 5.84 Å². The lowest BCUT2D eigenvalue weighted by Gasteiger charge is -2.05. The lowest BCUT2D eigenvalue weighted by molar-refractivity contribution is 0.334. The third kappa shape index (κ3) is 1.79. The van der Waals surface area contributed by atoms with Gasteiger partial charge in [0.15, 0.2) is 5.75 Å². The summed E-state index contributed by atoms with van der Waals surface area (Å²) in [6.45, 7) is 0. The summed E-state index contributed by atoms with van der Waals surface area (Å²) in [4.78, 5) is 14.6. The van der Waals surface area contributed by atoms with Gasteiger partial charge in [0, 0.05) is 0 Å². The number of rotatable bonds is 3. The van der Waals surface area contributed by atoms with E-state index in [9.17, 15) is 4.91 Å². The molecule has 0 aliphatic heterocycles. The highest BCUT2D eigenvalue weighted by atomic mass is 16.6. The molecule has 0 aliphatic rings. The highest BCUT2D eigenvalue weighted by Gasteiger charge is 2.07. The van der Waals surface area contributed by atoms with E-state index >= 15 is 0 Å². The molecule has 0 aromatic heterocycles. The SMILES string of the molecule is N=C(N)c1cc(N=O)ccc1ON. The average molecular weight is 180 g/mol. The van der Waals surface area contributed by atoms with Crippen LogP contribution in [0, 0.1) is 10.3 Å². The van der Waals surface area contributed by atoms with Crippen LogP contribution in [0.2, 0.25) is 0 Å². The van der Waals surface area contributed by atoms with Crippen molar-refractivity contribution in [1.29, 1.82) is 5.41 Å². The van der Waals surface area contributed by atoms with Gasteiger partial charge < -0.3 is 10.6 Å². The van der Waals surface area contributed by atoms with E-state index in [2.05, 4.69) is 10.0 Å². The summed E-state index contributed by atoms with van der Waals surface area (Å²) in [5.41, 5.74) is 5.64. The molecule has 0 atom stereocenters. The molecule has 0 saturated carbocycles. The molecule has 68 valence electrons. The molecular formula is C7H8N4O2. The minimum absolute atomic E-state index is 0.172. The van der Waals surface area contributed by atoms with Gasteiger partial charge in [-0.3, -0.25) is 5.41 Å². The monoisotopic (exact) mass is 180 g/mol. The topological polar surface area (TPSA) is 115 Å². The van der Waals surface area contributed by atoms with E-state index in [1.165, 1.54) is 18.2 Å². The van der Waals surface area contributed by atoms with Gasteiger partial charge in [-0.2, -0.15) is 5.90 Å². The Balaban J connectivity index is 3.25. The Morgan fingerprint density at radius 3 is 2.69 bits per heavy atom. The lowest BCUT2D eigenvalue weighted by atomic mass is 10.1. The maximum atomic E-state index is 10.1. The van der Waals surface area contributed by atoms with Gasteiger partial charge in [-0.1, -0.05) is 0 Å². The van der Waals surface area contributed by atoms with Crippen LogP contribution in [0.25, 0.3) is 0 Å². The van der Waals surface area contributed by atoms with Crippen LogP contribution in [0.3, 0.4) is 0 Å². The van der Waals surface area contributed by atoms with Gasteiger partial charge in [0.05, 0.1) is 5.56 Å². The quantitative estimate of drug-likeness (QED) is 0.273. The Bertz CT molecular complexity index is 350. The smallest absolute Gasteiger partial charge is 0.157 e. The minimum atomic E-state index is -0.231. The van der Waals surface area contributed by atoms with Crippen molar-refractivity contribution in [3.05, 3.63) is 28.7 Å². The zero-order valence-electron chi connectivity index (χ0n) is 6.65. The second-order valence-electron chi connectivity index (χ2n) is 2.30. The molecule has 0 radical (unpaired) electrons. The molecule has 1 aromatic carbocycles. The van der Waals surface area contributed by atoms with E-state index in [-0.39, 0.29) is 22.8 Å². The summed E-state index contributed by atoms with van der Waals surface area (Å²) >= 11 is 0. The van der Waals surface area contributed by atoms with E-state index in [1.807, 2.05) is 0 Å². The fourth-order valence-electron chi connectivity index (χ4n) is 0.888. The summed E-state index contributed by atoms with van der Waals surface area (Å²) in [5.74, 6) is 4.92. The first kappa shape index (κ1) is 9.14. The highest BCUT2D eigenvalue weighted by Crippen LogP contribution is 2.22. The van der Waals surface area contributed by atoms with Crippen LogP contribution < -0.4 is 16.5 Å². The number of amidine groups is 1. The van der Waals surface area contributed by atoms with Crippen molar-refractivity contribution >= 4 is 11.5 Å².